The molecule has 0 bridgehead atoms. The van der Waals surface area contributed by atoms with Crippen LogP contribution >= 0.6 is 23.1 Å². The van der Waals surface area contributed by atoms with Crippen molar-refractivity contribution in [2.45, 2.75) is 17.7 Å². The summed E-state index contributed by atoms with van der Waals surface area (Å²) in [5, 5.41) is 1.79. The van der Waals surface area contributed by atoms with Crippen LogP contribution in [0.2, 0.25) is 0 Å². The SMILES string of the molecule is O=C(CCC(=O)c1cccs1)NNC(=O)CSc1ccccc1F. The van der Waals surface area contributed by atoms with Gasteiger partial charge in [0.05, 0.1) is 10.6 Å². The quantitative estimate of drug-likeness (QED) is 0.449. The van der Waals surface area contributed by atoms with E-state index in [4.69, 9.17) is 0 Å². The van der Waals surface area contributed by atoms with Crippen LogP contribution < -0.4 is 10.9 Å². The number of thiophene rings is 1. The Hall–Kier alpha value is -2.19. The molecule has 24 heavy (non-hydrogen) atoms. The number of Topliss-reactive ketones (excluding diaryl/α,β-unsaturated/α-hetero) is 1. The molecule has 0 atom stereocenters. The number of halogens is 1. The zero-order chi connectivity index (χ0) is 17.4. The van der Waals surface area contributed by atoms with Crippen LogP contribution in [0.15, 0.2) is 46.7 Å². The molecule has 0 saturated heterocycles. The lowest BCUT2D eigenvalue weighted by molar-refractivity contribution is -0.127. The van der Waals surface area contributed by atoms with Crippen LogP contribution in [0.5, 0.6) is 0 Å². The zero-order valence-corrected chi connectivity index (χ0v) is 14.2. The second-order valence-corrected chi connectivity index (χ2v) is 6.68. The zero-order valence-electron chi connectivity index (χ0n) is 12.6. The Morgan fingerprint density at radius 1 is 1.00 bits per heavy atom. The smallest absolute Gasteiger partial charge is 0.248 e. The highest BCUT2D eigenvalue weighted by Gasteiger charge is 2.11. The summed E-state index contributed by atoms with van der Waals surface area (Å²) in [6.45, 7) is 0. The van der Waals surface area contributed by atoms with E-state index in [-0.39, 0.29) is 24.4 Å². The number of benzene rings is 1. The van der Waals surface area contributed by atoms with Gasteiger partial charge in [0, 0.05) is 17.7 Å². The minimum atomic E-state index is -0.457. The number of amides is 2. The molecule has 0 fully saturated rings. The molecule has 0 unspecified atom stereocenters. The lowest BCUT2D eigenvalue weighted by Gasteiger charge is -2.07. The molecule has 2 aromatic rings. The van der Waals surface area contributed by atoms with Crippen molar-refractivity contribution in [3.63, 3.8) is 0 Å². The van der Waals surface area contributed by atoms with Gasteiger partial charge in [-0.05, 0) is 23.6 Å². The molecule has 8 heteroatoms. The van der Waals surface area contributed by atoms with Crippen molar-refractivity contribution in [1.29, 1.82) is 0 Å². The van der Waals surface area contributed by atoms with Gasteiger partial charge >= 0.3 is 0 Å². The van der Waals surface area contributed by atoms with Crippen molar-refractivity contribution < 1.29 is 18.8 Å². The van der Waals surface area contributed by atoms with E-state index < -0.39 is 17.6 Å². The number of rotatable bonds is 7. The van der Waals surface area contributed by atoms with Crippen molar-refractivity contribution in [2.75, 3.05) is 5.75 Å². The van der Waals surface area contributed by atoms with Gasteiger partial charge in [0.15, 0.2) is 5.78 Å². The first-order valence-corrected chi connectivity index (χ1v) is 8.94. The van der Waals surface area contributed by atoms with E-state index in [0.29, 0.717) is 9.77 Å². The average molecular weight is 366 g/mol. The molecule has 2 N–H and O–H groups in total. The molecule has 0 aliphatic rings. The van der Waals surface area contributed by atoms with Crippen molar-refractivity contribution in [2.24, 2.45) is 0 Å². The summed E-state index contributed by atoms with van der Waals surface area (Å²) in [5.74, 6) is -1.45. The fraction of sp³-hybridized carbons (Fsp3) is 0.188. The first kappa shape index (κ1) is 18.2. The molecule has 0 radical (unpaired) electrons. The number of carbonyl (C=O) groups is 3. The summed E-state index contributed by atoms with van der Waals surface area (Å²) in [5.41, 5.74) is 4.48. The third kappa shape index (κ3) is 5.78. The summed E-state index contributed by atoms with van der Waals surface area (Å²) in [4.78, 5) is 35.9. The van der Waals surface area contributed by atoms with Crippen molar-refractivity contribution in [3.8, 4) is 0 Å². The summed E-state index contributed by atoms with van der Waals surface area (Å²) in [6.07, 6.45) is 0.0592. The van der Waals surface area contributed by atoms with Gasteiger partial charge in [0.1, 0.15) is 5.82 Å². The third-order valence-corrected chi connectivity index (χ3v) is 4.87. The van der Waals surface area contributed by atoms with Crippen molar-refractivity contribution in [3.05, 3.63) is 52.5 Å². The minimum absolute atomic E-state index is 0.0164. The molecule has 1 heterocycles. The molecule has 2 amide bonds. The Morgan fingerprint density at radius 2 is 1.75 bits per heavy atom. The average Bonchev–Trinajstić information content (AvgIpc) is 3.11. The predicted molar refractivity (Wildman–Crippen MR) is 91.3 cm³/mol. The van der Waals surface area contributed by atoms with Crippen LogP contribution in [0, 0.1) is 5.82 Å². The first-order chi connectivity index (χ1) is 11.6. The third-order valence-electron chi connectivity index (χ3n) is 2.91. The van der Waals surface area contributed by atoms with E-state index in [0.717, 1.165) is 11.8 Å². The van der Waals surface area contributed by atoms with Crippen molar-refractivity contribution >= 4 is 40.7 Å². The maximum Gasteiger partial charge on any atom is 0.248 e. The predicted octanol–water partition coefficient (Wildman–Crippen LogP) is 2.79. The maximum absolute atomic E-state index is 13.4. The van der Waals surface area contributed by atoms with E-state index in [1.807, 2.05) is 0 Å². The maximum atomic E-state index is 13.4. The standard InChI is InChI=1S/C16H15FN2O3S2/c17-11-4-1-2-5-13(11)24-10-16(22)19-18-15(21)8-7-12(20)14-6-3-9-23-14/h1-6,9H,7-8,10H2,(H,18,21)(H,19,22). The van der Waals surface area contributed by atoms with E-state index in [9.17, 15) is 18.8 Å². The van der Waals surface area contributed by atoms with Gasteiger partial charge in [-0.2, -0.15) is 0 Å². The Kier molecular flexibility index (Phi) is 6.95. The number of thioether (sulfide) groups is 1. The highest BCUT2D eigenvalue weighted by molar-refractivity contribution is 8.00. The molecule has 0 aliphatic carbocycles. The fourth-order valence-electron chi connectivity index (χ4n) is 1.73. The molecular weight excluding hydrogens is 351 g/mol. The molecule has 126 valence electrons. The summed E-state index contributed by atoms with van der Waals surface area (Å²) < 4.78 is 13.4. The summed E-state index contributed by atoms with van der Waals surface area (Å²) in [6, 6.07) is 9.60. The highest BCUT2D eigenvalue weighted by Crippen LogP contribution is 2.20. The number of carbonyl (C=O) groups excluding carboxylic acids is 3. The molecular formula is C16H15FN2O3S2. The Labute approximate surface area is 146 Å². The van der Waals surface area contributed by atoms with E-state index in [2.05, 4.69) is 10.9 Å². The second-order valence-electron chi connectivity index (χ2n) is 4.72. The molecule has 0 spiro atoms. The fourth-order valence-corrected chi connectivity index (χ4v) is 3.16. The number of ketones is 1. The number of hydrazine groups is 1. The van der Waals surface area contributed by atoms with Gasteiger partial charge in [-0.15, -0.1) is 23.1 Å². The molecule has 0 saturated carbocycles. The highest BCUT2D eigenvalue weighted by atomic mass is 32.2. The summed E-state index contributed by atoms with van der Waals surface area (Å²) in [7, 11) is 0. The van der Waals surface area contributed by atoms with Crippen LogP contribution in [-0.2, 0) is 9.59 Å². The molecule has 1 aromatic heterocycles. The van der Waals surface area contributed by atoms with Gasteiger partial charge in [-0.3, -0.25) is 25.2 Å². The molecule has 2 rings (SSSR count). The normalized spacial score (nSPS) is 10.2. The lowest BCUT2D eigenvalue weighted by atomic mass is 10.2. The van der Waals surface area contributed by atoms with Gasteiger partial charge in [-0.1, -0.05) is 18.2 Å². The van der Waals surface area contributed by atoms with Crippen molar-refractivity contribution in [1.82, 2.24) is 10.9 Å². The van der Waals surface area contributed by atoms with Gasteiger partial charge in [0.2, 0.25) is 11.8 Å². The van der Waals surface area contributed by atoms with E-state index in [1.54, 1.807) is 35.7 Å². The van der Waals surface area contributed by atoms with Crippen LogP contribution in [-0.4, -0.2) is 23.4 Å². The molecule has 0 aliphatic heterocycles. The molecule has 1 aromatic carbocycles. The van der Waals surface area contributed by atoms with Crippen LogP contribution in [0.3, 0.4) is 0 Å². The van der Waals surface area contributed by atoms with Crippen LogP contribution in [0.25, 0.3) is 0 Å². The van der Waals surface area contributed by atoms with Crippen LogP contribution in [0.1, 0.15) is 22.5 Å². The van der Waals surface area contributed by atoms with Crippen LogP contribution in [0.4, 0.5) is 4.39 Å². The number of hydrogen-bond donors (Lipinski definition) is 2. The lowest BCUT2D eigenvalue weighted by Crippen LogP contribution is -2.42. The van der Waals surface area contributed by atoms with Gasteiger partial charge in [-0.25, -0.2) is 4.39 Å². The van der Waals surface area contributed by atoms with Gasteiger partial charge in [0.25, 0.3) is 0 Å². The minimum Gasteiger partial charge on any atom is -0.293 e. The topological polar surface area (TPSA) is 75.3 Å². The first-order valence-electron chi connectivity index (χ1n) is 7.08. The largest absolute Gasteiger partial charge is 0.293 e. The Bertz CT molecular complexity index is 720. The number of nitrogens with one attached hydrogen (secondary N) is 2. The monoisotopic (exact) mass is 366 g/mol. The van der Waals surface area contributed by atoms with E-state index in [1.165, 1.54) is 17.4 Å². The Morgan fingerprint density at radius 3 is 2.46 bits per heavy atom. The summed E-state index contributed by atoms with van der Waals surface area (Å²) >= 11 is 2.35. The Balaban J connectivity index is 1.65. The van der Waals surface area contributed by atoms with Gasteiger partial charge < -0.3 is 0 Å². The molecule has 5 nitrogen and oxygen atoms in total. The van der Waals surface area contributed by atoms with E-state index >= 15 is 0 Å². The number of hydrogen-bond acceptors (Lipinski definition) is 5. The second kappa shape index (κ2) is 9.19.